The van der Waals surface area contributed by atoms with Gasteiger partial charge in [0.15, 0.2) is 0 Å². The van der Waals surface area contributed by atoms with E-state index in [2.05, 4.69) is 4.72 Å². The van der Waals surface area contributed by atoms with Crippen molar-refractivity contribution in [3.63, 3.8) is 0 Å². The summed E-state index contributed by atoms with van der Waals surface area (Å²) in [7, 11) is -3.91. The van der Waals surface area contributed by atoms with Gasteiger partial charge in [-0.1, -0.05) is 48.7 Å². The Balaban J connectivity index is 2.04. The number of sulfonamides is 1. The second kappa shape index (κ2) is 10.5. The first kappa shape index (κ1) is 23.8. The lowest BCUT2D eigenvalue weighted by Crippen LogP contribution is -2.28. The molecule has 0 aliphatic heterocycles. The van der Waals surface area contributed by atoms with Gasteiger partial charge in [-0.3, -0.25) is 0 Å². The summed E-state index contributed by atoms with van der Waals surface area (Å²) in [6, 6.07) is 9.02. The lowest BCUT2D eigenvalue weighted by atomic mass is 10.2. The molecule has 0 unspecified atom stereocenters. The third-order valence-electron chi connectivity index (χ3n) is 3.61. The highest BCUT2D eigenvalue weighted by Crippen LogP contribution is 2.29. The largest absolute Gasteiger partial charge is 0.490 e. The molecule has 29 heavy (non-hydrogen) atoms. The van der Waals surface area contributed by atoms with Crippen LogP contribution in [0.1, 0.15) is 24.2 Å². The number of esters is 1. The molecule has 10 heteroatoms. The van der Waals surface area contributed by atoms with Gasteiger partial charge in [-0.05, 0) is 42.3 Å². The average molecular weight is 481 g/mol. The molecule has 0 aromatic heterocycles. The number of benzene rings is 2. The molecular formula is C19H20Cl3NO5S. The van der Waals surface area contributed by atoms with E-state index >= 15 is 0 Å². The highest BCUT2D eigenvalue weighted by atomic mass is 35.5. The third-order valence-corrected chi connectivity index (χ3v) is 6.06. The number of rotatable bonds is 9. The molecule has 0 radical (unpaired) electrons. The van der Waals surface area contributed by atoms with Crippen LogP contribution in [0.3, 0.4) is 0 Å². The summed E-state index contributed by atoms with van der Waals surface area (Å²) < 4.78 is 37.9. The lowest BCUT2D eigenvalue weighted by molar-refractivity contribution is 0.0450. The minimum Gasteiger partial charge on any atom is -0.490 e. The molecule has 2 rings (SSSR count). The number of ether oxygens (including phenoxy) is 2. The fourth-order valence-corrected chi connectivity index (χ4v) is 4.34. The normalized spacial score (nSPS) is 11.5. The van der Waals surface area contributed by atoms with E-state index in [1.54, 1.807) is 24.3 Å². The Morgan fingerprint density at radius 3 is 2.31 bits per heavy atom. The third kappa shape index (κ3) is 7.04. The fourth-order valence-electron chi connectivity index (χ4n) is 2.15. The SMILES string of the molecule is CC(C)CNS(=O)(=O)c1cc(C(=O)OCCOc2ccc(Cl)cc2)c(Cl)cc1Cl. The van der Waals surface area contributed by atoms with Crippen molar-refractivity contribution in [2.45, 2.75) is 18.7 Å². The first-order valence-electron chi connectivity index (χ1n) is 8.64. The standard InChI is InChI=1S/C19H20Cl3NO5S/c1-12(2)11-23-29(25,26)18-9-15(16(21)10-17(18)22)19(24)28-8-7-27-14-5-3-13(20)4-6-14/h3-6,9-10,12,23H,7-8,11H2,1-2H3. The maximum Gasteiger partial charge on any atom is 0.339 e. The summed E-state index contributed by atoms with van der Waals surface area (Å²) in [5.41, 5.74) is -0.104. The van der Waals surface area contributed by atoms with E-state index < -0.39 is 16.0 Å². The molecule has 0 bridgehead atoms. The van der Waals surface area contributed by atoms with Gasteiger partial charge in [0.25, 0.3) is 0 Å². The molecule has 2 aromatic carbocycles. The van der Waals surface area contributed by atoms with Gasteiger partial charge in [0.1, 0.15) is 23.9 Å². The monoisotopic (exact) mass is 479 g/mol. The van der Waals surface area contributed by atoms with E-state index in [9.17, 15) is 13.2 Å². The molecule has 158 valence electrons. The van der Waals surface area contributed by atoms with Crippen molar-refractivity contribution in [2.75, 3.05) is 19.8 Å². The molecule has 0 aliphatic rings. The molecule has 2 aromatic rings. The van der Waals surface area contributed by atoms with Crippen LogP contribution >= 0.6 is 34.8 Å². The van der Waals surface area contributed by atoms with Crippen LogP contribution in [0.4, 0.5) is 0 Å². The van der Waals surface area contributed by atoms with Gasteiger partial charge in [0, 0.05) is 11.6 Å². The predicted molar refractivity (Wildman–Crippen MR) is 114 cm³/mol. The minimum atomic E-state index is -3.91. The second-order valence-electron chi connectivity index (χ2n) is 6.45. The number of carbonyl (C=O) groups excluding carboxylic acids is 1. The molecule has 0 spiro atoms. The number of halogens is 3. The van der Waals surface area contributed by atoms with Gasteiger partial charge in [0.05, 0.1) is 15.6 Å². The molecular weight excluding hydrogens is 461 g/mol. The number of hydrogen-bond acceptors (Lipinski definition) is 5. The van der Waals surface area contributed by atoms with E-state index in [0.29, 0.717) is 10.8 Å². The van der Waals surface area contributed by atoms with Crippen LogP contribution in [0.25, 0.3) is 0 Å². The molecule has 1 N–H and O–H groups in total. The summed E-state index contributed by atoms with van der Waals surface area (Å²) in [6.07, 6.45) is 0. The number of carbonyl (C=O) groups is 1. The van der Waals surface area contributed by atoms with E-state index in [1.807, 2.05) is 13.8 Å². The molecule has 0 atom stereocenters. The van der Waals surface area contributed by atoms with Crippen LogP contribution in [-0.2, 0) is 14.8 Å². The van der Waals surface area contributed by atoms with E-state index in [0.717, 1.165) is 6.07 Å². The molecule has 0 aliphatic carbocycles. The lowest BCUT2D eigenvalue weighted by Gasteiger charge is -2.13. The zero-order valence-electron chi connectivity index (χ0n) is 15.7. The van der Waals surface area contributed by atoms with Gasteiger partial charge < -0.3 is 9.47 Å². The van der Waals surface area contributed by atoms with Gasteiger partial charge in [0.2, 0.25) is 10.0 Å². The summed E-state index contributed by atoms with van der Waals surface area (Å²) in [6.45, 7) is 3.98. The van der Waals surface area contributed by atoms with Gasteiger partial charge >= 0.3 is 5.97 Å². The predicted octanol–water partition coefficient (Wildman–Crippen LogP) is 4.82. The van der Waals surface area contributed by atoms with Crippen molar-refractivity contribution in [1.29, 1.82) is 0 Å². The number of hydrogen-bond donors (Lipinski definition) is 1. The first-order valence-corrected chi connectivity index (χ1v) is 11.3. The Hall–Kier alpha value is -1.51. The van der Waals surface area contributed by atoms with Crippen LogP contribution in [0.2, 0.25) is 15.1 Å². The zero-order valence-corrected chi connectivity index (χ0v) is 18.8. The van der Waals surface area contributed by atoms with Gasteiger partial charge in [-0.2, -0.15) is 0 Å². The van der Waals surface area contributed by atoms with Crippen LogP contribution in [-0.4, -0.2) is 34.1 Å². The maximum absolute atomic E-state index is 12.5. The molecule has 0 fully saturated rings. The Labute approximate surface area is 185 Å². The summed E-state index contributed by atoms with van der Waals surface area (Å²) in [4.78, 5) is 12.1. The zero-order chi connectivity index (χ0) is 21.6. The van der Waals surface area contributed by atoms with Crippen molar-refractivity contribution >= 4 is 50.8 Å². The Kier molecular flexibility index (Phi) is 8.60. The molecule has 0 saturated heterocycles. The summed E-state index contributed by atoms with van der Waals surface area (Å²) in [5.74, 6) is -0.118. The molecule has 6 nitrogen and oxygen atoms in total. The average Bonchev–Trinajstić information content (AvgIpc) is 2.64. The second-order valence-corrected chi connectivity index (χ2v) is 9.43. The molecule has 0 saturated carbocycles. The minimum absolute atomic E-state index is 0.0126. The van der Waals surface area contributed by atoms with Crippen molar-refractivity contribution in [3.05, 3.63) is 57.0 Å². The smallest absolute Gasteiger partial charge is 0.339 e. The van der Waals surface area contributed by atoms with Gasteiger partial charge in [-0.15, -0.1) is 0 Å². The molecule has 0 heterocycles. The first-order chi connectivity index (χ1) is 13.6. The van der Waals surface area contributed by atoms with Crippen molar-refractivity contribution in [2.24, 2.45) is 5.92 Å². The summed E-state index contributed by atoms with van der Waals surface area (Å²) >= 11 is 17.9. The van der Waals surface area contributed by atoms with Crippen molar-refractivity contribution in [1.82, 2.24) is 4.72 Å². The van der Waals surface area contributed by atoms with Crippen LogP contribution in [0, 0.1) is 5.92 Å². The highest BCUT2D eigenvalue weighted by molar-refractivity contribution is 7.89. The Morgan fingerprint density at radius 1 is 1.03 bits per heavy atom. The number of nitrogens with one attached hydrogen (secondary N) is 1. The quantitative estimate of drug-likeness (QED) is 0.411. The Morgan fingerprint density at radius 2 is 1.69 bits per heavy atom. The Bertz CT molecular complexity index is 963. The summed E-state index contributed by atoms with van der Waals surface area (Å²) in [5, 5.41) is 0.477. The van der Waals surface area contributed by atoms with Crippen molar-refractivity contribution in [3.8, 4) is 5.75 Å². The van der Waals surface area contributed by atoms with Crippen LogP contribution in [0.5, 0.6) is 5.75 Å². The van der Waals surface area contributed by atoms with Crippen LogP contribution in [0.15, 0.2) is 41.3 Å². The topological polar surface area (TPSA) is 81.7 Å². The molecule has 0 amide bonds. The van der Waals surface area contributed by atoms with E-state index in [-0.39, 0.29) is 46.2 Å². The van der Waals surface area contributed by atoms with E-state index in [1.165, 1.54) is 6.07 Å². The highest BCUT2D eigenvalue weighted by Gasteiger charge is 2.23. The fraction of sp³-hybridized carbons (Fsp3) is 0.316. The van der Waals surface area contributed by atoms with Crippen LogP contribution < -0.4 is 9.46 Å². The van der Waals surface area contributed by atoms with Crippen molar-refractivity contribution < 1.29 is 22.7 Å². The van der Waals surface area contributed by atoms with Gasteiger partial charge in [-0.25, -0.2) is 17.9 Å². The maximum atomic E-state index is 12.5. The van der Waals surface area contributed by atoms with E-state index in [4.69, 9.17) is 44.3 Å².